The molecule has 5 nitrogen and oxygen atoms in total. The van der Waals surface area contributed by atoms with Crippen LogP contribution >= 0.6 is 0 Å². The number of halogens is 1. The molecule has 2 aromatic rings. The van der Waals surface area contributed by atoms with Gasteiger partial charge in [0.15, 0.2) is 0 Å². The third kappa shape index (κ3) is 3.94. The van der Waals surface area contributed by atoms with Gasteiger partial charge in [0.05, 0.1) is 12.1 Å². The third-order valence-corrected chi connectivity index (χ3v) is 4.86. The topological polar surface area (TPSA) is 52.7 Å². The van der Waals surface area contributed by atoms with E-state index in [1.54, 1.807) is 31.1 Å². The van der Waals surface area contributed by atoms with Crippen LogP contribution in [0.4, 0.5) is 10.1 Å². The van der Waals surface area contributed by atoms with Crippen LogP contribution in [0.5, 0.6) is 0 Å². The van der Waals surface area contributed by atoms with Crippen molar-refractivity contribution >= 4 is 17.5 Å². The second kappa shape index (κ2) is 7.78. The Morgan fingerprint density at radius 1 is 1.07 bits per heavy atom. The van der Waals surface area contributed by atoms with Crippen molar-refractivity contribution in [1.82, 2.24) is 9.80 Å². The van der Waals surface area contributed by atoms with Crippen molar-refractivity contribution in [3.05, 3.63) is 66.0 Å². The summed E-state index contributed by atoms with van der Waals surface area (Å²) in [6, 6.07) is 15.4. The molecule has 1 aliphatic heterocycles. The van der Waals surface area contributed by atoms with Crippen molar-refractivity contribution in [2.75, 3.05) is 32.5 Å². The monoisotopic (exact) mass is 369 g/mol. The second-order valence-corrected chi connectivity index (χ2v) is 7.08. The van der Waals surface area contributed by atoms with Crippen LogP contribution in [-0.4, -0.2) is 54.3 Å². The number of amides is 2. The molecule has 1 heterocycles. The summed E-state index contributed by atoms with van der Waals surface area (Å²) in [6.07, 6.45) is 1.25. The summed E-state index contributed by atoms with van der Waals surface area (Å²) in [5.74, 6) is -1.04. The molecule has 142 valence electrons. The van der Waals surface area contributed by atoms with Gasteiger partial charge in [0.1, 0.15) is 11.4 Å². The van der Waals surface area contributed by atoms with Crippen LogP contribution in [0, 0.1) is 5.82 Å². The Balaban J connectivity index is 1.91. The van der Waals surface area contributed by atoms with E-state index in [-0.39, 0.29) is 18.0 Å². The molecule has 3 rings (SSSR count). The zero-order valence-electron chi connectivity index (χ0n) is 15.6. The average molecular weight is 369 g/mol. The second-order valence-electron chi connectivity index (χ2n) is 7.08. The standard InChI is InChI=1S/C21H24FN3O2/c1-24(2)20(27)21(23-16-9-4-3-5-10-16)13-8-14-25(15-21)19(26)17-11-6-7-12-18(17)22/h3-7,9-12,23H,8,13-15H2,1-2H3. The van der Waals surface area contributed by atoms with E-state index in [9.17, 15) is 14.0 Å². The fourth-order valence-electron chi connectivity index (χ4n) is 3.59. The van der Waals surface area contributed by atoms with Gasteiger partial charge < -0.3 is 15.1 Å². The fourth-order valence-corrected chi connectivity index (χ4v) is 3.59. The number of likely N-dealkylation sites (N-methyl/N-ethyl adjacent to an activating group) is 1. The zero-order valence-corrected chi connectivity index (χ0v) is 15.6. The van der Waals surface area contributed by atoms with E-state index in [0.717, 1.165) is 5.69 Å². The number of nitrogens with one attached hydrogen (secondary N) is 1. The summed E-state index contributed by atoms with van der Waals surface area (Å²) in [7, 11) is 3.41. The number of piperidine rings is 1. The highest BCUT2D eigenvalue weighted by Crippen LogP contribution is 2.29. The molecular formula is C21H24FN3O2. The van der Waals surface area contributed by atoms with Gasteiger partial charge in [-0.25, -0.2) is 4.39 Å². The van der Waals surface area contributed by atoms with Crippen molar-refractivity contribution in [2.45, 2.75) is 18.4 Å². The van der Waals surface area contributed by atoms with Gasteiger partial charge in [-0.3, -0.25) is 9.59 Å². The number of likely N-dealkylation sites (tertiary alicyclic amines) is 1. The van der Waals surface area contributed by atoms with Gasteiger partial charge in [-0.2, -0.15) is 0 Å². The van der Waals surface area contributed by atoms with E-state index in [0.29, 0.717) is 19.4 Å². The Labute approximate surface area is 158 Å². The SMILES string of the molecule is CN(C)C(=O)C1(Nc2ccccc2)CCCN(C(=O)c2ccccc2F)C1. The summed E-state index contributed by atoms with van der Waals surface area (Å²) >= 11 is 0. The largest absolute Gasteiger partial charge is 0.370 e. The average Bonchev–Trinajstić information content (AvgIpc) is 2.68. The third-order valence-electron chi connectivity index (χ3n) is 4.86. The van der Waals surface area contributed by atoms with E-state index in [2.05, 4.69) is 5.32 Å². The lowest BCUT2D eigenvalue weighted by atomic mass is 9.86. The number of rotatable bonds is 4. The smallest absolute Gasteiger partial charge is 0.256 e. The number of hydrogen-bond donors (Lipinski definition) is 1. The Morgan fingerprint density at radius 3 is 2.41 bits per heavy atom. The van der Waals surface area contributed by atoms with Gasteiger partial charge in [-0.1, -0.05) is 30.3 Å². The summed E-state index contributed by atoms with van der Waals surface area (Å²) < 4.78 is 14.1. The Kier molecular flexibility index (Phi) is 5.44. The maximum atomic E-state index is 14.1. The molecule has 2 aromatic carbocycles. The number of carbonyl (C=O) groups excluding carboxylic acids is 2. The van der Waals surface area contributed by atoms with Crippen LogP contribution in [0.3, 0.4) is 0 Å². The van der Waals surface area contributed by atoms with Crippen LogP contribution < -0.4 is 5.32 Å². The molecule has 1 N–H and O–H groups in total. The first-order valence-electron chi connectivity index (χ1n) is 9.02. The highest BCUT2D eigenvalue weighted by molar-refractivity contribution is 5.96. The molecule has 1 saturated heterocycles. The highest BCUT2D eigenvalue weighted by atomic mass is 19.1. The molecule has 1 aliphatic rings. The molecule has 2 amide bonds. The normalized spacial score (nSPS) is 19.4. The zero-order chi connectivity index (χ0) is 19.4. The van der Waals surface area contributed by atoms with Crippen molar-refractivity contribution in [2.24, 2.45) is 0 Å². The van der Waals surface area contributed by atoms with E-state index < -0.39 is 17.3 Å². The maximum Gasteiger partial charge on any atom is 0.256 e. The molecule has 1 atom stereocenters. The number of anilines is 1. The maximum absolute atomic E-state index is 14.1. The predicted molar refractivity (Wildman–Crippen MR) is 103 cm³/mol. The van der Waals surface area contributed by atoms with Gasteiger partial charge in [0.25, 0.3) is 5.91 Å². The molecule has 0 radical (unpaired) electrons. The summed E-state index contributed by atoms with van der Waals surface area (Å²) in [5.41, 5.74) is -0.0949. The van der Waals surface area contributed by atoms with Gasteiger partial charge in [0.2, 0.25) is 5.91 Å². The molecular weight excluding hydrogens is 345 g/mol. The van der Waals surface area contributed by atoms with E-state index in [1.165, 1.54) is 17.0 Å². The van der Waals surface area contributed by atoms with E-state index >= 15 is 0 Å². The first-order chi connectivity index (χ1) is 12.9. The minimum absolute atomic E-state index is 0.0327. The Hall–Kier alpha value is -2.89. The van der Waals surface area contributed by atoms with Gasteiger partial charge in [-0.05, 0) is 37.1 Å². The van der Waals surface area contributed by atoms with Crippen LogP contribution in [0.2, 0.25) is 0 Å². The van der Waals surface area contributed by atoms with Crippen molar-refractivity contribution in [3.8, 4) is 0 Å². The van der Waals surface area contributed by atoms with Crippen LogP contribution in [0.15, 0.2) is 54.6 Å². The minimum Gasteiger partial charge on any atom is -0.370 e. The van der Waals surface area contributed by atoms with Gasteiger partial charge in [0, 0.05) is 26.3 Å². The number of hydrogen-bond acceptors (Lipinski definition) is 3. The molecule has 0 aliphatic carbocycles. The fraction of sp³-hybridized carbons (Fsp3) is 0.333. The number of nitrogens with zero attached hydrogens (tertiary/aromatic N) is 2. The molecule has 6 heteroatoms. The first kappa shape index (κ1) is 18.9. The summed E-state index contributed by atoms with van der Waals surface area (Å²) in [5, 5.41) is 3.35. The predicted octanol–water partition coefficient (Wildman–Crippen LogP) is 3.00. The minimum atomic E-state index is -0.940. The van der Waals surface area contributed by atoms with Crippen LogP contribution in [-0.2, 0) is 4.79 Å². The molecule has 1 fully saturated rings. The number of carbonyl (C=O) groups is 2. The Morgan fingerprint density at radius 2 is 1.74 bits per heavy atom. The van der Waals surface area contributed by atoms with Crippen molar-refractivity contribution in [1.29, 1.82) is 0 Å². The number of para-hydroxylation sites is 1. The van der Waals surface area contributed by atoms with E-state index in [4.69, 9.17) is 0 Å². The summed E-state index contributed by atoms with van der Waals surface area (Å²) in [6.45, 7) is 0.679. The molecule has 27 heavy (non-hydrogen) atoms. The lowest BCUT2D eigenvalue weighted by molar-refractivity contribution is -0.135. The quantitative estimate of drug-likeness (QED) is 0.901. The number of benzene rings is 2. The van der Waals surface area contributed by atoms with Crippen LogP contribution in [0.25, 0.3) is 0 Å². The lowest BCUT2D eigenvalue weighted by Crippen LogP contribution is -2.62. The molecule has 1 unspecified atom stereocenters. The molecule has 0 saturated carbocycles. The van der Waals surface area contributed by atoms with Gasteiger partial charge >= 0.3 is 0 Å². The highest BCUT2D eigenvalue weighted by Gasteiger charge is 2.44. The summed E-state index contributed by atoms with van der Waals surface area (Å²) in [4.78, 5) is 29.0. The molecule has 0 bridgehead atoms. The molecule has 0 spiro atoms. The van der Waals surface area contributed by atoms with Crippen molar-refractivity contribution in [3.63, 3.8) is 0 Å². The van der Waals surface area contributed by atoms with Crippen molar-refractivity contribution < 1.29 is 14.0 Å². The van der Waals surface area contributed by atoms with Crippen LogP contribution in [0.1, 0.15) is 23.2 Å². The van der Waals surface area contributed by atoms with E-state index in [1.807, 2.05) is 30.3 Å². The Bertz CT molecular complexity index is 825. The lowest BCUT2D eigenvalue weighted by Gasteiger charge is -2.43. The first-order valence-corrected chi connectivity index (χ1v) is 9.02. The molecule has 0 aromatic heterocycles. The van der Waals surface area contributed by atoms with Gasteiger partial charge in [-0.15, -0.1) is 0 Å².